The number of hydrogen-bond donors (Lipinski definition) is 2. The van der Waals surface area contributed by atoms with Crippen molar-refractivity contribution in [2.24, 2.45) is 11.7 Å². The topological polar surface area (TPSA) is 98.5 Å². The van der Waals surface area contributed by atoms with Gasteiger partial charge in [-0.3, -0.25) is 0 Å². The zero-order chi connectivity index (χ0) is 17.8. The van der Waals surface area contributed by atoms with Gasteiger partial charge in [0.25, 0.3) is 0 Å². The van der Waals surface area contributed by atoms with Gasteiger partial charge in [0, 0.05) is 17.1 Å². The first kappa shape index (κ1) is 19.9. The number of nitrogens with one attached hydrogen (secondary N) is 1. The van der Waals surface area contributed by atoms with Crippen molar-refractivity contribution in [3.05, 3.63) is 28.8 Å². The van der Waals surface area contributed by atoms with Crippen molar-refractivity contribution in [1.29, 1.82) is 0 Å². The molecular weight excluding hydrogens is 340 g/mol. The second-order valence-corrected chi connectivity index (χ2v) is 8.19. The van der Waals surface area contributed by atoms with Crippen LogP contribution in [0.4, 0.5) is 0 Å². The molecule has 3 N–H and O–H groups in total. The standard InChI is InChI=1S/C15H23ClN2O4S/c1-10(2)8-15(3,9-17)18-23(20,21)13-7-11(16)5-6-12(13)14(19)22-4/h5-7,10,18H,8-9,17H2,1-4H3. The van der Waals surface area contributed by atoms with Gasteiger partial charge in [0.05, 0.1) is 17.6 Å². The Morgan fingerprint density at radius 1 is 1.43 bits per heavy atom. The number of esters is 1. The van der Waals surface area contributed by atoms with E-state index >= 15 is 0 Å². The van der Waals surface area contributed by atoms with Crippen LogP contribution in [0, 0.1) is 5.92 Å². The van der Waals surface area contributed by atoms with Crippen LogP contribution in [0.25, 0.3) is 0 Å². The van der Waals surface area contributed by atoms with E-state index in [0.29, 0.717) is 6.42 Å². The lowest BCUT2D eigenvalue weighted by molar-refractivity contribution is 0.0596. The smallest absolute Gasteiger partial charge is 0.339 e. The Hall–Kier alpha value is -1.15. The highest BCUT2D eigenvalue weighted by Gasteiger charge is 2.32. The van der Waals surface area contributed by atoms with Crippen molar-refractivity contribution >= 4 is 27.6 Å². The SMILES string of the molecule is COC(=O)c1ccc(Cl)cc1S(=O)(=O)NC(C)(CN)CC(C)C. The Morgan fingerprint density at radius 2 is 2.04 bits per heavy atom. The molecule has 0 amide bonds. The molecule has 1 unspecified atom stereocenters. The van der Waals surface area contributed by atoms with Gasteiger partial charge in [0.1, 0.15) is 0 Å². The molecule has 0 aliphatic rings. The number of benzene rings is 1. The summed E-state index contributed by atoms with van der Waals surface area (Å²) < 4.78 is 32.7. The van der Waals surface area contributed by atoms with Gasteiger partial charge < -0.3 is 10.5 Å². The minimum absolute atomic E-state index is 0.0756. The lowest BCUT2D eigenvalue weighted by Gasteiger charge is -2.31. The quantitative estimate of drug-likeness (QED) is 0.724. The molecule has 1 aromatic carbocycles. The summed E-state index contributed by atoms with van der Waals surface area (Å²) in [5.74, 6) is -0.508. The first-order valence-electron chi connectivity index (χ1n) is 7.16. The van der Waals surface area contributed by atoms with Crippen molar-refractivity contribution in [1.82, 2.24) is 4.72 Å². The van der Waals surface area contributed by atoms with Crippen molar-refractivity contribution in [2.75, 3.05) is 13.7 Å². The number of halogens is 1. The van der Waals surface area contributed by atoms with Crippen molar-refractivity contribution in [3.63, 3.8) is 0 Å². The summed E-state index contributed by atoms with van der Waals surface area (Å²) in [6.45, 7) is 5.80. The van der Waals surface area contributed by atoms with Crippen LogP contribution < -0.4 is 10.5 Å². The minimum Gasteiger partial charge on any atom is -0.465 e. The van der Waals surface area contributed by atoms with Gasteiger partial charge in [0.2, 0.25) is 10.0 Å². The molecule has 0 fully saturated rings. The molecule has 0 heterocycles. The number of carbonyl (C=O) groups is 1. The van der Waals surface area contributed by atoms with Crippen LogP contribution >= 0.6 is 11.6 Å². The van der Waals surface area contributed by atoms with E-state index in [9.17, 15) is 13.2 Å². The molecule has 0 bridgehead atoms. The second-order valence-electron chi connectivity index (χ2n) is 6.10. The summed E-state index contributed by atoms with van der Waals surface area (Å²) >= 11 is 5.89. The Kier molecular flexibility index (Phi) is 6.59. The Bertz CT molecular complexity index is 676. The van der Waals surface area contributed by atoms with Gasteiger partial charge in [-0.05, 0) is 37.5 Å². The zero-order valence-electron chi connectivity index (χ0n) is 13.7. The lowest BCUT2D eigenvalue weighted by atomic mass is 9.92. The number of hydrogen-bond acceptors (Lipinski definition) is 5. The largest absolute Gasteiger partial charge is 0.465 e. The average Bonchev–Trinajstić information content (AvgIpc) is 2.45. The van der Waals surface area contributed by atoms with E-state index < -0.39 is 21.5 Å². The molecule has 0 saturated heterocycles. The predicted molar refractivity (Wildman–Crippen MR) is 90.0 cm³/mol. The van der Waals surface area contributed by atoms with Gasteiger partial charge in [0.15, 0.2) is 0 Å². The van der Waals surface area contributed by atoms with Crippen LogP contribution in [0.1, 0.15) is 37.6 Å². The van der Waals surface area contributed by atoms with E-state index in [0.717, 1.165) is 0 Å². The second kappa shape index (κ2) is 7.61. The minimum atomic E-state index is -4.00. The molecule has 23 heavy (non-hydrogen) atoms. The summed E-state index contributed by atoms with van der Waals surface area (Å²) in [5, 5.41) is 0.205. The van der Waals surface area contributed by atoms with Crippen LogP contribution in [0.5, 0.6) is 0 Å². The van der Waals surface area contributed by atoms with Crippen LogP contribution in [0.3, 0.4) is 0 Å². The number of rotatable bonds is 7. The zero-order valence-corrected chi connectivity index (χ0v) is 15.3. The third-order valence-electron chi connectivity index (χ3n) is 3.33. The van der Waals surface area contributed by atoms with Crippen LogP contribution in [0.2, 0.25) is 5.02 Å². The van der Waals surface area contributed by atoms with Crippen molar-refractivity contribution in [2.45, 2.75) is 37.6 Å². The number of sulfonamides is 1. The first-order valence-corrected chi connectivity index (χ1v) is 9.02. The highest BCUT2D eigenvalue weighted by Crippen LogP contribution is 2.25. The predicted octanol–water partition coefficient (Wildman–Crippen LogP) is 2.17. The van der Waals surface area contributed by atoms with Gasteiger partial charge >= 0.3 is 5.97 Å². The first-order chi connectivity index (χ1) is 10.5. The van der Waals surface area contributed by atoms with E-state index in [-0.39, 0.29) is 27.9 Å². The fourth-order valence-electron chi connectivity index (χ4n) is 2.44. The molecule has 1 aromatic rings. The van der Waals surface area contributed by atoms with Gasteiger partial charge in [-0.15, -0.1) is 0 Å². The van der Waals surface area contributed by atoms with Gasteiger partial charge in [-0.25, -0.2) is 17.9 Å². The Balaban J connectivity index is 3.33. The van der Waals surface area contributed by atoms with Crippen molar-refractivity contribution < 1.29 is 17.9 Å². The van der Waals surface area contributed by atoms with E-state index in [1.54, 1.807) is 6.92 Å². The Morgan fingerprint density at radius 3 is 2.52 bits per heavy atom. The lowest BCUT2D eigenvalue weighted by Crippen LogP contribution is -2.52. The maximum absolute atomic E-state index is 12.7. The van der Waals surface area contributed by atoms with Crippen LogP contribution in [-0.2, 0) is 14.8 Å². The third-order valence-corrected chi connectivity index (χ3v) is 5.24. The number of methoxy groups -OCH3 is 1. The summed E-state index contributed by atoms with van der Waals surface area (Å²) in [6, 6.07) is 3.98. The normalized spacial score (nSPS) is 14.6. The van der Waals surface area contributed by atoms with Crippen LogP contribution in [-0.4, -0.2) is 33.6 Å². The van der Waals surface area contributed by atoms with E-state index in [1.165, 1.54) is 25.3 Å². The average molecular weight is 363 g/mol. The molecule has 0 radical (unpaired) electrons. The third kappa shape index (κ3) is 5.17. The molecule has 1 atom stereocenters. The van der Waals surface area contributed by atoms with Gasteiger partial charge in [-0.2, -0.15) is 0 Å². The monoisotopic (exact) mass is 362 g/mol. The molecule has 0 aliphatic carbocycles. The van der Waals surface area contributed by atoms with E-state index in [4.69, 9.17) is 17.3 Å². The molecule has 8 heteroatoms. The summed E-state index contributed by atoms with van der Waals surface area (Å²) in [5.41, 5.74) is 4.84. The van der Waals surface area contributed by atoms with Gasteiger partial charge in [-0.1, -0.05) is 25.4 Å². The fourth-order valence-corrected chi connectivity index (χ4v) is 4.33. The molecule has 130 valence electrons. The summed E-state index contributed by atoms with van der Waals surface area (Å²) in [6.07, 6.45) is 0.552. The number of ether oxygens (including phenoxy) is 1. The van der Waals surface area contributed by atoms with Crippen molar-refractivity contribution in [3.8, 4) is 0 Å². The molecule has 0 saturated carbocycles. The maximum atomic E-state index is 12.7. The molecule has 0 spiro atoms. The number of nitrogens with two attached hydrogens (primary N) is 1. The maximum Gasteiger partial charge on any atom is 0.339 e. The molecule has 1 rings (SSSR count). The summed E-state index contributed by atoms with van der Waals surface area (Å²) in [4.78, 5) is 11.6. The highest BCUT2D eigenvalue weighted by atomic mass is 35.5. The van der Waals surface area contributed by atoms with E-state index in [1.807, 2.05) is 13.8 Å². The highest BCUT2D eigenvalue weighted by molar-refractivity contribution is 7.89. The van der Waals surface area contributed by atoms with Crippen LogP contribution in [0.15, 0.2) is 23.1 Å². The Labute approximate surface area is 142 Å². The fraction of sp³-hybridized carbons (Fsp3) is 0.533. The number of carbonyl (C=O) groups excluding carboxylic acids is 1. The molecule has 0 aliphatic heterocycles. The molecular formula is C15H23ClN2O4S. The molecule has 6 nitrogen and oxygen atoms in total. The summed E-state index contributed by atoms with van der Waals surface area (Å²) in [7, 11) is -2.82. The molecule has 0 aromatic heterocycles. The van der Waals surface area contributed by atoms with E-state index in [2.05, 4.69) is 9.46 Å².